The maximum atomic E-state index is 12.7. The van der Waals surface area contributed by atoms with Crippen LogP contribution in [-0.4, -0.2) is 40.5 Å². The molecule has 0 amide bonds. The molecule has 2 aromatic carbocycles. The van der Waals surface area contributed by atoms with Crippen molar-refractivity contribution in [3.8, 4) is 17.2 Å². The fourth-order valence-corrected chi connectivity index (χ4v) is 3.88. The summed E-state index contributed by atoms with van der Waals surface area (Å²) in [4.78, 5) is 12.7. The number of benzene rings is 2. The molecule has 6 nitrogen and oxygen atoms in total. The first-order valence-corrected chi connectivity index (χ1v) is 10.1. The molecule has 1 aliphatic carbocycles. The van der Waals surface area contributed by atoms with Gasteiger partial charge in [-0.25, -0.2) is 0 Å². The minimum absolute atomic E-state index is 0.00142. The van der Waals surface area contributed by atoms with Crippen molar-refractivity contribution in [3.63, 3.8) is 0 Å². The van der Waals surface area contributed by atoms with Crippen LogP contribution in [0.5, 0.6) is 11.5 Å². The largest absolute Gasteiger partial charge is 0.493 e. The second-order valence-electron chi connectivity index (χ2n) is 6.57. The molecule has 1 saturated carbocycles. The molecule has 1 heterocycles. The van der Waals surface area contributed by atoms with E-state index in [0.29, 0.717) is 23.0 Å². The van der Waals surface area contributed by atoms with Crippen LogP contribution in [0.4, 0.5) is 0 Å². The number of para-hydroxylation sites is 1. The zero-order valence-electron chi connectivity index (χ0n) is 15.8. The average molecular weight is 395 g/mol. The smallest absolute Gasteiger partial charge is 0.196 e. The van der Waals surface area contributed by atoms with Crippen LogP contribution < -0.4 is 9.47 Å². The summed E-state index contributed by atoms with van der Waals surface area (Å²) in [6.07, 6.45) is 2.28. The number of Topliss-reactive ketones (excluding diaryl/α,β-unsaturated/α-hetero) is 1. The maximum absolute atomic E-state index is 12.7. The Hall–Kier alpha value is -2.80. The van der Waals surface area contributed by atoms with E-state index < -0.39 is 0 Å². The topological polar surface area (TPSA) is 66.2 Å². The molecule has 1 fully saturated rings. The summed E-state index contributed by atoms with van der Waals surface area (Å²) in [5.41, 5.74) is 1.61. The summed E-state index contributed by atoms with van der Waals surface area (Å²) in [7, 11) is 3.13. The third-order valence-corrected chi connectivity index (χ3v) is 5.58. The second kappa shape index (κ2) is 8.06. The first-order chi connectivity index (χ1) is 13.7. The molecule has 3 aromatic rings. The van der Waals surface area contributed by atoms with Crippen molar-refractivity contribution in [3.05, 3.63) is 59.9 Å². The summed E-state index contributed by atoms with van der Waals surface area (Å²) in [6, 6.07) is 15.3. The Bertz CT molecular complexity index is 984. The van der Waals surface area contributed by atoms with Gasteiger partial charge in [0.25, 0.3) is 0 Å². The molecule has 7 heteroatoms. The quantitative estimate of drug-likeness (QED) is 0.422. The molecule has 0 atom stereocenters. The summed E-state index contributed by atoms with van der Waals surface area (Å²) in [5.74, 6) is 2.86. The van der Waals surface area contributed by atoms with Gasteiger partial charge < -0.3 is 9.47 Å². The predicted molar refractivity (Wildman–Crippen MR) is 108 cm³/mol. The number of thioether (sulfide) groups is 1. The van der Waals surface area contributed by atoms with Crippen LogP contribution in [0, 0.1) is 0 Å². The van der Waals surface area contributed by atoms with Gasteiger partial charge in [0.2, 0.25) is 0 Å². The molecule has 1 aliphatic rings. The van der Waals surface area contributed by atoms with E-state index in [4.69, 9.17) is 9.47 Å². The third-order valence-electron chi connectivity index (χ3n) is 4.65. The Labute approximate surface area is 167 Å². The predicted octanol–water partition coefficient (Wildman–Crippen LogP) is 4.14. The third kappa shape index (κ3) is 3.75. The number of aromatic nitrogens is 3. The van der Waals surface area contributed by atoms with E-state index in [9.17, 15) is 4.79 Å². The Morgan fingerprint density at radius 2 is 1.82 bits per heavy atom. The minimum atomic E-state index is 0.00142. The molecule has 0 radical (unpaired) electrons. The van der Waals surface area contributed by atoms with E-state index in [0.717, 1.165) is 29.5 Å². The van der Waals surface area contributed by atoms with Gasteiger partial charge in [0.1, 0.15) is 5.82 Å². The minimum Gasteiger partial charge on any atom is -0.493 e. The molecule has 0 spiro atoms. The van der Waals surface area contributed by atoms with E-state index in [2.05, 4.69) is 14.8 Å². The van der Waals surface area contributed by atoms with Gasteiger partial charge in [0.05, 0.1) is 20.0 Å². The van der Waals surface area contributed by atoms with Gasteiger partial charge in [-0.1, -0.05) is 30.0 Å². The van der Waals surface area contributed by atoms with Crippen LogP contribution in [0.1, 0.15) is 34.9 Å². The number of hydrogen-bond acceptors (Lipinski definition) is 6. The highest BCUT2D eigenvalue weighted by Crippen LogP contribution is 2.41. The zero-order chi connectivity index (χ0) is 19.5. The molecular weight excluding hydrogens is 374 g/mol. The number of carbonyl (C=O) groups is 1. The van der Waals surface area contributed by atoms with E-state index >= 15 is 0 Å². The van der Waals surface area contributed by atoms with Gasteiger partial charge in [-0.15, -0.1) is 10.2 Å². The van der Waals surface area contributed by atoms with Crippen molar-refractivity contribution in [2.75, 3.05) is 20.0 Å². The molecule has 144 valence electrons. The maximum Gasteiger partial charge on any atom is 0.196 e. The van der Waals surface area contributed by atoms with Gasteiger partial charge >= 0.3 is 0 Å². The highest BCUT2D eigenvalue weighted by Gasteiger charge is 2.31. The normalized spacial score (nSPS) is 13.4. The molecule has 0 bridgehead atoms. The van der Waals surface area contributed by atoms with Crippen LogP contribution >= 0.6 is 11.8 Å². The second-order valence-corrected chi connectivity index (χ2v) is 7.51. The summed E-state index contributed by atoms with van der Waals surface area (Å²) < 4.78 is 12.6. The number of nitrogens with zero attached hydrogens (tertiary/aromatic N) is 3. The summed E-state index contributed by atoms with van der Waals surface area (Å²) >= 11 is 1.40. The van der Waals surface area contributed by atoms with E-state index in [-0.39, 0.29) is 11.5 Å². The molecule has 1 aromatic heterocycles. The van der Waals surface area contributed by atoms with E-state index in [1.807, 2.05) is 30.3 Å². The van der Waals surface area contributed by atoms with Gasteiger partial charge in [-0.05, 0) is 43.2 Å². The number of hydrogen-bond donors (Lipinski definition) is 0. The SMILES string of the molecule is COc1ccc(C(=O)CSc2nnc(C3CC3)n2-c2ccccc2)cc1OC. The van der Waals surface area contributed by atoms with Crippen molar-refractivity contribution >= 4 is 17.5 Å². The van der Waals surface area contributed by atoms with Crippen LogP contribution in [0.2, 0.25) is 0 Å². The number of ketones is 1. The lowest BCUT2D eigenvalue weighted by molar-refractivity contribution is 0.102. The van der Waals surface area contributed by atoms with Gasteiger partial charge in [0, 0.05) is 17.2 Å². The van der Waals surface area contributed by atoms with Crippen LogP contribution in [0.15, 0.2) is 53.7 Å². The lowest BCUT2D eigenvalue weighted by Crippen LogP contribution is -2.06. The molecule has 0 saturated heterocycles. The van der Waals surface area contributed by atoms with Gasteiger partial charge in [-0.2, -0.15) is 0 Å². The molecule has 0 aliphatic heterocycles. The molecular formula is C21H21N3O3S. The molecule has 28 heavy (non-hydrogen) atoms. The monoisotopic (exact) mass is 395 g/mol. The van der Waals surface area contributed by atoms with Crippen LogP contribution in [0.3, 0.4) is 0 Å². The average Bonchev–Trinajstić information content (AvgIpc) is 3.51. The highest BCUT2D eigenvalue weighted by molar-refractivity contribution is 7.99. The van der Waals surface area contributed by atoms with Crippen molar-refractivity contribution < 1.29 is 14.3 Å². The Balaban J connectivity index is 1.55. The fraction of sp³-hybridized carbons (Fsp3) is 0.286. The number of rotatable bonds is 8. The van der Waals surface area contributed by atoms with Crippen molar-refractivity contribution in [2.24, 2.45) is 0 Å². The van der Waals surface area contributed by atoms with Gasteiger partial charge in [-0.3, -0.25) is 9.36 Å². The van der Waals surface area contributed by atoms with Crippen molar-refractivity contribution in [1.82, 2.24) is 14.8 Å². The lowest BCUT2D eigenvalue weighted by Gasteiger charge is -2.10. The number of methoxy groups -OCH3 is 2. The lowest BCUT2D eigenvalue weighted by atomic mass is 10.1. The van der Waals surface area contributed by atoms with Crippen LogP contribution in [-0.2, 0) is 0 Å². The summed E-state index contributed by atoms with van der Waals surface area (Å²) in [5, 5.41) is 9.50. The Kier molecular flexibility index (Phi) is 5.34. The zero-order valence-corrected chi connectivity index (χ0v) is 16.6. The molecule has 0 unspecified atom stereocenters. The standard InChI is InChI=1S/C21H21N3O3S/c1-26-18-11-10-15(12-19(18)27-2)17(25)13-28-21-23-22-20(14-8-9-14)24(21)16-6-4-3-5-7-16/h3-7,10-12,14H,8-9,13H2,1-2H3. The fourth-order valence-electron chi connectivity index (χ4n) is 3.02. The van der Waals surface area contributed by atoms with Gasteiger partial charge in [0.15, 0.2) is 22.4 Å². The van der Waals surface area contributed by atoms with Crippen LogP contribution in [0.25, 0.3) is 5.69 Å². The number of ether oxygens (including phenoxy) is 2. The van der Waals surface area contributed by atoms with Crippen molar-refractivity contribution in [2.45, 2.75) is 23.9 Å². The van der Waals surface area contributed by atoms with E-state index in [1.54, 1.807) is 32.4 Å². The highest BCUT2D eigenvalue weighted by atomic mass is 32.2. The first-order valence-electron chi connectivity index (χ1n) is 9.10. The first kappa shape index (κ1) is 18.6. The van der Waals surface area contributed by atoms with E-state index in [1.165, 1.54) is 11.8 Å². The number of carbonyl (C=O) groups excluding carboxylic acids is 1. The van der Waals surface area contributed by atoms with Crippen molar-refractivity contribution in [1.29, 1.82) is 0 Å². The summed E-state index contributed by atoms with van der Waals surface area (Å²) in [6.45, 7) is 0. The Morgan fingerprint density at radius 3 is 2.50 bits per heavy atom. The molecule has 4 rings (SSSR count). The Morgan fingerprint density at radius 1 is 1.07 bits per heavy atom. The molecule has 0 N–H and O–H groups in total.